The third-order valence-corrected chi connectivity index (χ3v) is 8.23. The maximum absolute atomic E-state index is 12.8. The van der Waals surface area contributed by atoms with E-state index in [1.54, 1.807) is 15.9 Å². The minimum atomic E-state index is -3.13. The van der Waals surface area contributed by atoms with Crippen molar-refractivity contribution in [2.45, 2.75) is 19.9 Å². The van der Waals surface area contributed by atoms with Crippen LogP contribution in [-0.4, -0.2) is 54.6 Å². The van der Waals surface area contributed by atoms with Crippen molar-refractivity contribution in [1.82, 2.24) is 13.8 Å². The van der Waals surface area contributed by atoms with Crippen molar-refractivity contribution in [1.29, 1.82) is 0 Å². The van der Waals surface area contributed by atoms with E-state index in [1.807, 2.05) is 25.4 Å². The molecule has 3 aromatic rings. The molecule has 1 aliphatic rings. The molecule has 6 nitrogen and oxygen atoms in total. The number of thiophene rings is 1. The number of pyridine rings is 1. The Morgan fingerprint density at radius 1 is 1.07 bits per heavy atom. The molecule has 0 bridgehead atoms. The molecule has 30 heavy (non-hydrogen) atoms. The van der Waals surface area contributed by atoms with Crippen LogP contribution >= 0.6 is 11.3 Å². The second-order valence-electron chi connectivity index (χ2n) is 7.86. The Kier molecular flexibility index (Phi) is 5.85. The van der Waals surface area contributed by atoms with Gasteiger partial charge < -0.3 is 4.57 Å². The average molecular weight is 446 g/mol. The van der Waals surface area contributed by atoms with E-state index in [4.69, 9.17) is 0 Å². The first-order valence-corrected chi connectivity index (χ1v) is 12.8. The summed E-state index contributed by atoms with van der Waals surface area (Å²) < 4.78 is 27.7. The summed E-state index contributed by atoms with van der Waals surface area (Å²) in [6.07, 6.45) is 4.15. The molecule has 0 saturated carbocycles. The van der Waals surface area contributed by atoms with Gasteiger partial charge in [-0.1, -0.05) is 31.2 Å². The first-order valence-electron chi connectivity index (χ1n) is 10.2. The molecule has 0 atom stereocenters. The number of piperazine rings is 1. The topological polar surface area (TPSA) is 62.6 Å². The third-order valence-electron chi connectivity index (χ3n) is 5.77. The van der Waals surface area contributed by atoms with Crippen molar-refractivity contribution < 1.29 is 8.42 Å². The first kappa shape index (κ1) is 21.2. The maximum atomic E-state index is 12.8. The fourth-order valence-electron chi connectivity index (χ4n) is 4.10. The lowest BCUT2D eigenvalue weighted by molar-refractivity contribution is 0.183. The Hall–Kier alpha value is -2.00. The number of rotatable bonds is 5. The number of hydrogen-bond acceptors (Lipinski definition) is 5. The van der Waals surface area contributed by atoms with E-state index < -0.39 is 10.0 Å². The smallest absolute Gasteiger partial charge is 0.259 e. The molecule has 0 spiro atoms. The van der Waals surface area contributed by atoms with Crippen LogP contribution in [0.4, 0.5) is 0 Å². The van der Waals surface area contributed by atoms with E-state index >= 15 is 0 Å². The van der Waals surface area contributed by atoms with E-state index in [-0.39, 0.29) is 5.56 Å². The Balaban J connectivity index is 1.68. The predicted octanol–water partition coefficient (Wildman–Crippen LogP) is 2.91. The fourth-order valence-corrected chi connectivity index (χ4v) is 6.14. The van der Waals surface area contributed by atoms with Crippen LogP contribution in [-0.2, 0) is 30.0 Å². The predicted molar refractivity (Wildman–Crippen MR) is 124 cm³/mol. The summed E-state index contributed by atoms with van der Waals surface area (Å²) in [5, 5.41) is 0.760. The number of sulfonamides is 1. The molecule has 2 aromatic heterocycles. The molecule has 3 heterocycles. The lowest BCUT2D eigenvalue weighted by Crippen LogP contribution is -2.47. The van der Waals surface area contributed by atoms with Crippen LogP contribution in [0.15, 0.2) is 41.3 Å². The summed E-state index contributed by atoms with van der Waals surface area (Å²) in [6.45, 7) is 5.31. The van der Waals surface area contributed by atoms with Gasteiger partial charge in [0.2, 0.25) is 10.0 Å². The van der Waals surface area contributed by atoms with Gasteiger partial charge in [0, 0.05) is 61.1 Å². The lowest BCUT2D eigenvalue weighted by Gasteiger charge is -2.32. The molecular weight excluding hydrogens is 418 g/mol. The third kappa shape index (κ3) is 4.09. The van der Waals surface area contributed by atoms with Gasteiger partial charge in [0.1, 0.15) is 0 Å². The molecule has 1 fully saturated rings. The minimum Gasteiger partial charge on any atom is -0.317 e. The quantitative estimate of drug-likeness (QED) is 0.606. The van der Waals surface area contributed by atoms with Crippen LogP contribution in [0.2, 0.25) is 0 Å². The zero-order valence-corrected chi connectivity index (χ0v) is 19.2. The van der Waals surface area contributed by atoms with Crippen LogP contribution in [0.3, 0.4) is 0 Å². The number of hydrogen-bond donors (Lipinski definition) is 0. The van der Waals surface area contributed by atoms with Gasteiger partial charge in [-0.3, -0.25) is 9.69 Å². The van der Waals surface area contributed by atoms with Crippen LogP contribution in [0, 0.1) is 0 Å². The highest BCUT2D eigenvalue weighted by molar-refractivity contribution is 7.88. The van der Waals surface area contributed by atoms with Gasteiger partial charge in [0.25, 0.3) is 5.56 Å². The second kappa shape index (κ2) is 8.26. The van der Waals surface area contributed by atoms with E-state index in [9.17, 15) is 13.2 Å². The highest BCUT2D eigenvalue weighted by Gasteiger charge is 2.24. The van der Waals surface area contributed by atoms with Crippen molar-refractivity contribution in [3.05, 3.63) is 57.3 Å². The first-order chi connectivity index (χ1) is 14.3. The monoisotopic (exact) mass is 445 g/mol. The SMILES string of the molecule is CCc1ccccc1-c1cn(C)c(=O)c2cc(CN3CCN(S(C)(=O)=O)CC3)sc12. The number of benzene rings is 1. The average Bonchev–Trinajstić information content (AvgIpc) is 3.14. The molecular formula is C22H27N3O3S2. The number of fused-ring (bicyclic) bond motifs is 1. The van der Waals surface area contributed by atoms with Crippen LogP contribution in [0.25, 0.3) is 21.2 Å². The van der Waals surface area contributed by atoms with Crippen LogP contribution in [0.5, 0.6) is 0 Å². The van der Waals surface area contributed by atoms with Crippen LogP contribution < -0.4 is 5.56 Å². The number of aromatic nitrogens is 1. The van der Waals surface area contributed by atoms with Gasteiger partial charge in [-0.2, -0.15) is 4.31 Å². The number of nitrogens with zero attached hydrogens (tertiary/aromatic N) is 3. The van der Waals surface area contributed by atoms with Crippen molar-refractivity contribution in [3.63, 3.8) is 0 Å². The Morgan fingerprint density at radius 3 is 2.43 bits per heavy atom. The summed E-state index contributed by atoms with van der Waals surface area (Å²) in [4.78, 5) is 16.2. The molecule has 0 amide bonds. The Morgan fingerprint density at radius 2 is 1.77 bits per heavy atom. The molecule has 8 heteroatoms. The van der Waals surface area contributed by atoms with Crippen molar-refractivity contribution in [2.24, 2.45) is 7.05 Å². The molecule has 1 aromatic carbocycles. The highest BCUT2D eigenvalue weighted by atomic mass is 32.2. The van der Waals surface area contributed by atoms with Gasteiger partial charge in [-0.05, 0) is 23.6 Å². The summed E-state index contributed by atoms with van der Waals surface area (Å²) in [5.74, 6) is 0. The largest absolute Gasteiger partial charge is 0.317 e. The summed E-state index contributed by atoms with van der Waals surface area (Å²) >= 11 is 1.67. The second-order valence-corrected chi connectivity index (χ2v) is 11.0. The molecule has 160 valence electrons. The molecule has 0 radical (unpaired) electrons. The van der Waals surface area contributed by atoms with E-state index in [2.05, 4.69) is 30.0 Å². The zero-order valence-electron chi connectivity index (χ0n) is 17.6. The van der Waals surface area contributed by atoms with Crippen molar-refractivity contribution >= 4 is 31.4 Å². The molecule has 0 N–H and O–H groups in total. The van der Waals surface area contributed by atoms with Gasteiger partial charge in [-0.15, -0.1) is 11.3 Å². The lowest BCUT2D eigenvalue weighted by atomic mass is 9.99. The summed E-state index contributed by atoms with van der Waals surface area (Å²) in [5.41, 5.74) is 3.56. The maximum Gasteiger partial charge on any atom is 0.259 e. The minimum absolute atomic E-state index is 0.0205. The van der Waals surface area contributed by atoms with Gasteiger partial charge in [0.15, 0.2) is 0 Å². The molecule has 0 unspecified atom stereocenters. The van der Waals surface area contributed by atoms with Crippen molar-refractivity contribution in [2.75, 3.05) is 32.4 Å². The fraction of sp³-hybridized carbons (Fsp3) is 0.409. The Bertz CT molecular complexity index is 1240. The molecule has 1 aliphatic heterocycles. The van der Waals surface area contributed by atoms with Gasteiger partial charge in [0.05, 0.1) is 11.6 Å². The highest BCUT2D eigenvalue weighted by Crippen LogP contribution is 2.35. The van der Waals surface area contributed by atoms with E-state index in [0.29, 0.717) is 26.2 Å². The van der Waals surface area contributed by atoms with Gasteiger partial charge >= 0.3 is 0 Å². The van der Waals surface area contributed by atoms with Crippen LogP contribution in [0.1, 0.15) is 17.4 Å². The molecule has 1 saturated heterocycles. The van der Waals surface area contributed by atoms with Gasteiger partial charge in [-0.25, -0.2) is 8.42 Å². The normalized spacial score (nSPS) is 16.4. The zero-order chi connectivity index (χ0) is 21.5. The molecule has 0 aliphatic carbocycles. The van der Waals surface area contributed by atoms with E-state index in [0.717, 1.165) is 33.5 Å². The molecule has 4 rings (SSSR count). The van der Waals surface area contributed by atoms with Crippen molar-refractivity contribution in [3.8, 4) is 11.1 Å². The number of aryl methyl sites for hydroxylation is 2. The standard InChI is InChI=1S/C22H27N3O3S2/c1-4-16-7-5-6-8-18(16)20-15-23(2)22(26)19-13-17(29-21(19)20)14-24-9-11-25(12-10-24)30(3,27)28/h5-8,13,15H,4,9-12,14H2,1-3H3. The summed E-state index contributed by atoms with van der Waals surface area (Å²) in [6, 6.07) is 10.4. The Labute approximate surface area is 181 Å². The summed E-state index contributed by atoms with van der Waals surface area (Å²) in [7, 11) is -1.32. The van der Waals surface area contributed by atoms with E-state index in [1.165, 1.54) is 21.7 Å².